The van der Waals surface area contributed by atoms with E-state index in [4.69, 9.17) is 14.7 Å². The van der Waals surface area contributed by atoms with Crippen LogP contribution >= 0.6 is 15.9 Å². The molecule has 0 aliphatic rings. The van der Waals surface area contributed by atoms with Gasteiger partial charge >= 0.3 is 5.97 Å². The van der Waals surface area contributed by atoms with Crippen molar-refractivity contribution in [3.05, 3.63) is 51.5 Å². The number of sulfonamides is 1. The van der Waals surface area contributed by atoms with Gasteiger partial charge in [0, 0.05) is 13.1 Å². The maximum atomic E-state index is 12.8. The minimum atomic E-state index is -3.86. The Morgan fingerprint density at radius 1 is 1.21 bits per heavy atom. The average molecular weight is 481 g/mol. The molecule has 0 saturated carbocycles. The summed E-state index contributed by atoms with van der Waals surface area (Å²) in [4.78, 5) is 12.5. The van der Waals surface area contributed by atoms with Crippen LogP contribution in [0.3, 0.4) is 0 Å². The molecule has 0 atom stereocenters. The lowest BCUT2D eigenvalue weighted by Crippen LogP contribution is -2.34. The van der Waals surface area contributed by atoms with E-state index in [1.807, 2.05) is 19.9 Å². The number of likely N-dealkylation sites (N-methyl/N-ethyl adjacent to an activating group) is 1. The van der Waals surface area contributed by atoms with Gasteiger partial charge < -0.3 is 9.47 Å². The number of carbonyl (C=O) groups excluding carboxylic acids is 1. The highest BCUT2D eigenvalue weighted by Gasteiger charge is 2.25. The lowest BCUT2D eigenvalue weighted by Gasteiger charge is -2.18. The highest BCUT2D eigenvalue weighted by Crippen LogP contribution is 2.37. The van der Waals surface area contributed by atoms with Crippen LogP contribution in [-0.2, 0) is 14.8 Å². The Hall–Kier alpha value is -2.41. The second-order valence-corrected chi connectivity index (χ2v) is 9.21. The number of rotatable bonds is 7. The van der Waals surface area contributed by atoms with E-state index in [0.717, 1.165) is 15.4 Å². The van der Waals surface area contributed by atoms with Crippen LogP contribution < -0.4 is 9.47 Å². The molecule has 0 amide bonds. The Bertz CT molecular complexity index is 1080. The van der Waals surface area contributed by atoms with Crippen LogP contribution in [0.1, 0.15) is 23.6 Å². The van der Waals surface area contributed by atoms with Gasteiger partial charge in [-0.15, -0.1) is 0 Å². The number of ether oxygens (including phenoxy) is 2. The SMILES string of the molecule is CCOc1cc(C#N)cc(Br)c1OC(=O)CN(C)S(=O)(=O)c1ccc(C)c(C)c1. The van der Waals surface area contributed by atoms with Crippen LogP contribution in [0, 0.1) is 25.2 Å². The molecule has 0 unspecified atom stereocenters. The zero-order valence-corrected chi connectivity index (χ0v) is 18.9. The number of carbonyl (C=O) groups is 1. The van der Waals surface area contributed by atoms with E-state index < -0.39 is 22.5 Å². The van der Waals surface area contributed by atoms with Gasteiger partial charge in [0.1, 0.15) is 6.54 Å². The lowest BCUT2D eigenvalue weighted by molar-refractivity contribution is -0.134. The quantitative estimate of drug-likeness (QED) is 0.443. The van der Waals surface area contributed by atoms with Gasteiger partial charge in [-0.25, -0.2) is 8.42 Å². The fraction of sp³-hybridized carbons (Fsp3) is 0.300. The molecule has 0 aliphatic carbocycles. The number of nitrogens with zero attached hydrogens (tertiary/aromatic N) is 2. The Morgan fingerprint density at radius 3 is 2.48 bits per heavy atom. The zero-order valence-electron chi connectivity index (χ0n) is 16.5. The maximum Gasteiger partial charge on any atom is 0.326 e. The largest absolute Gasteiger partial charge is 0.490 e. The van der Waals surface area contributed by atoms with Gasteiger partial charge in [-0.1, -0.05) is 6.07 Å². The first-order valence-corrected chi connectivity index (χ1v) is 10.9. The number of hydrogen-bond acceptors (Lipinski definition) is 6. The summed E-state index contributed by atoms with van der Waals surface area (Å²) in [6.07, 6.45) is 0. The third-order valence-corrected chi connectivity index (χ3v) is 6.58. The zero-order chi connectivity index (χ0) is 21.8. The molecule has 0 heterocycles. The summed E-state index contributed by atoms with van der Waals surface area (Å²) in [5.74, 6) is -0.481. The van der Waals surface area contributed by atoms with E-state index in [9.17, 15) is 13.2 Å². The number of benzene rings is 2. The normalized spacial score (nSPS) is 11.2. The lowest BCUT2D eigenvalue weighted by atomic mass is 10.1. The molecule has 2 rings (SSSR count). The smallest absolute Gasteiger partial charge is 0.326 e. The standard InChI is InChI=1S/C20H21BrN2O5S/c1-5-27-18-10-15(11-22)9-17(21)20(18)28-19(24)12-23(4)29(25,26)16-7-6-13(2)14(3)8-16/h6-10H,5,12H2,1-4H3. The van der Waals surface area contributed by atoms with Crippen LogP contribution in [-0.4, -0.2) is 38.9 Å². The van der Waals surface area contributed by atoms with Crippen molar-refractivity contribution in [3.63, 3.8) is 0 Å². The molecule has 0 saturated heterocycles. The van der Waals surface area contributed by atoms with Crippen molar-refractivity contribution in [1.82, 2.24) is 4.31 Å². The minimum absolute atomic E-state index is 0.0906. The van der Waals surface area contributed by atoms with Crippen molar-refractivity contribution < 1.29 is 22.7 Å². The molecule has 0 aromatic heterocycles. The van der Waals surface area contributed by atoms with Gasteiger partial charge in [-0.05, 0) is 66.0 Å². The summed E-state index contributed by atoms with van der Waals surface area (Å²) >= 11 is 3.25. The summed E-state index contributed by atoms with van der Waals surface area (Å²) in [6, 6.07) is 9.71. The molecule has 0 radical (unpaired) electrons. The average Bonchev–Trinajstić information content (AvgIpc) is 2.66. The van der Waals surface area contributed by atoms with Gasteiger partial charge in [0.05, 0.1) is 27.6 Å². The molecule has 2 aromatic rings. The monoisotopic (exact) mass is 480 g/mol. The Morgan fingerprint density at radius 2 is 1.90 bits per heavy atom. The molecule has 0 bridgehead atoms. The summed E-state index contributed by atoms with van der Waals surface area (Å²) < 4.78 is 37.6. The molecular weight excluding hydrogens is 460 g/mol. The Balaban J connectivity index is 2.22. The first kappa shape index (κ1) is 22.9. The molecule has 0 spiro atoms. The highest BCUT2D eigenvalue weighted by atomic mass is 79.9. The topological polar surface area (TPSA) is 96.7 Å². The van der Waals surface area contributed by atoms with E-state index in [0.29, 0.717) is 16.6 Å². The summed E-state index contributed by atoms with van der Waals surface area (Å²) in [7, 11) is -2.55. The van der Waals surface area contributed by atoms with E-state index in [1.165, 1.54) is 25.2 Å². The van der Waals surface area contributed by atoms with Gasteiger partial charge in [0.2, 0.25) is 10.0 Å². The fourth-order valence-corrected chi connectivity index (χ4v) is 4.19. The van der Waals surface area contributed by atoms with E-state index >= 15 is 0 Å². The Labute approximate surface area is 179 Å². The third-order valence-electron chi connectivity index (χ3n) is 4.19. The van der Waals surface area contributed by atoms with Gasteiger partial charge in [-0.2, -0.15) is 9.57 Å². The predicted molar refractivity (Wildman–Crippen MR) is 111 cm³/mol. The molecule has 29 heavy (non-hydrogen) atoms. The number of esters is 1. The summed E-state index contributed by atoms with van der Waals surface area (Å²) in [6.45, 7) is 5.27. The van der Waals surface area contributed by atoms with Crippen LogP contribution in [0.5, 0.6) is 11.5 Å². The minimum Gasteiger partial charge on any atom is -0.490 e. The second kappa shape index (κ2) is 9.39. The molecule has 9 heteroatoms. The van der Waals surface area contributed by atoms with Crippen LogP contribution in [0.15, 0.2) is 39.7 Å². The highest BCUT2D eigenvalue weighted by molar-refractivity contribution is 9.10. The number of hydrogen-bond donors (Lipinski definition) is 0. The van der Waals surface area contributed by atoms with E-state index in [-0.39, 0.29) is 16.4 Å². The van der Waals surface area contributed by atoms with Crippen molar-refractivity contribution in [3.8, 4) is 17.6 Å². The van der Waals surface area contributed by atoms with Gasteiger partial charge in [-0.3, -0.25) is 4.79 Å². The number of aryl methyl sites for hydroxylation is 2. The van der Waals surface area contributed by atoms with Gasteiger partial charge in [0.25, 0.3) is 0 Å². The van der Waals surface area contributed by atoms with E-state index in [1.54, 1.807) is 19.1 Å². The number of halogens is 1. The summed E-state index contributed by atoms with van der Waals surface area (Å²) in [5, 5.41) is 9.07. The molecule has 154 valence electrons. The van der Waals surface area contributed by atoms with Crippen molar-refractivity contribution >= 4 is 31.9 Å². The van der Waals surface area contributed by atoms with Crippen molar-refractivity contribution in [2.45, 2.75) is 25.7 Å². The molecule has 0 fully saturated rings. The van der Waals surface area contributed by atoms with Gasteiger partial charge in [0.15, 0.2) is 11.5 Å². The third kappa shape index (κ3) is 5.35. The van der Waals surface area contributed by atoms with E-state index in [2.05, 4.69) is 15.9 Å². The first-order chi connectivity index (χ1) is 13.6. The predicted octanol–water partition coefficient (Wildman–Crippen LogP) is 3.56. The molecule has 0 N–H and O–H groups in total. The molecular formula is C20H21BrN2O5S. The number of nitriles is 1. The van der Waals surface area contributed by atoms with Crippen LogP contribution in [0.4, 0.5) is 0 Å². The first-order valence-electron chi connectivity index (χ1n) is 8.70. The second-order valence-electron chi connectivity index (χ2n) is 6.31. The summed E-state index contributed by atoms with van der Waals surface area (Å²) in [5.41, 5.74) is 2.14. The molecule has 0 aliphatic heterocycles. The molecule has 7 nitrogen and oxygen atoms in total. The van der Waals surface area contributed by atoms with Crippen molar-refractivity contribution in [1.29, 1.82) is 5.26 Å². The molecule has 2 aromatic carbocycles. The maximum absolute atomic E-state index is 12.8. The fourth-order valence-electron chi connectivity index (χ4n) is 2.46. The Kier molecular flexibility index (Phi) is 7.41. The van der Waals surface area contributed by atoms with Crippen molar-refractivity contribution in [2.24, 2.45) is 0 Å². The van der Waals surface area contributed by atoms with Crippen molar-refractivity contribution in [2.75, 3.05) is 20.2 Å². The van der Waals surface area contributed by atoms with Crippen LogP contribution in [0.25, 0.3) is 0 Å². The van der Waals surface area contributed by atoms with Crippen LogP contribution in [0.2, 0.25) is 0 Å².